The molecule has 0 fully saturated rings. The van der Waals surface area contributed by atoms with Gasteiger partial charge in [0.25, 0.3) is 0 Å². The van der Waals surface area contributed by atoms with Crippen molar-refractivity contribution < 1.29 is 14.9 Å². The first-order chi connectivity index (χ1) is 4.79. The van der Waals surface area contributed by atoms with E-state index < -0.39 is 12.2 Å². The fraction of sp³-hybridized carbons (Fsp3) is 0.500. The Balaban J connectivity index is 2.62. The normalized spacial score (nSPS) is 30.7. The largest absolute Gasteiger partial charge is 0.491 e. The molecule has 1 rings (SSSR count). The predicted molar refractivity (Wildman–Crippen MR) is 31.7 cm³/mol. The van der Waals surface area contributed by atoms with E-state index in [-0.39, 0.29) is 12.2 Å². The first kappa shape index (κ1) is 7.06. The molecule has 2 N–H and O–H groups in total. The van der Waals surface area contributed by atoms with Gasteiger partial charge in [-0.1, -0.05) is 0 Å². The maximum absolute atomic E-state index is 9.07. The molecule has 0 radical (unpaired) electrons. The van der Waals surface area contributed by atoms with Crippen LogP contribution < -0.4 is 0 Å². The topological polar surface area (TPSA) is 73.5 Å². The molecule has 0 aromatic rings. The highest BCUT2D eigenvalue weighted by Crippen LogP contribution is 2.16. The Labute approximate surface area is 58.0 Å². The van der Waals surface area contributed by atoms with Crippen molar-refractivity contribution in [3.63, 3.8) is 0 Å². The van der Waals surface area contributed by atoms with E-state index in [0.717, 1.165) is 0 Å². The molecule has 0 aliphatic carbocycles. The molecule has 4 heteroatoms. The molecule has 0 aromatic heterocycles. The number of aliphatic hydroxyl groups is 2. The van der Waals surface area contributed by atoms with Gasteiger partial charge in [0.1, 0.15) is 18.4 Å². The lowest BCUT2D eigenvalue weighted by Crippen LogP contribution is -2.27. The van der Waals surface area contributed by atoms with Crippen LogP contribution in [0.15, 0.2) is 11.8 Å². The van der Waals surface area contributed by atoms with E-state index in [1.165, 1.54) is 6.26 Å². The Morgan fingerprint density at radius 3 is 2.80 bits per heavy atom. The fourth-order valence-corrected chi connectivity index (χ4v) is 0.740. The smallest absolute Gasteiger partial charge is 0.152 e. The van der Waals surface area contributed by atoms with Crippen molar-refractivity contribution in [2.24, 2.45) is 0 Å². The molecule has 0 saturated carbocycles. The van der Waals surface area contributed by atoms with E-state index in [1.54, 1.807) is 6.07 Å². The van der Waals surface area contributed by atoms with Crippen LogP contribution in [0.1, 0.15) is 0 Å². The molecule has 0 spiro atoms. The summed E-state index contributed by atoms with van der Waals surface area (Å²) in [6.45, 7) is -0.275. The van der Waals surface area contributed by atoms with Crippen molar-refractivity contribution in [2.75, 3.05) is 6.61 Å². The number of hydrogen-bond acceptors (Lipinski definition) is 4. The third-order valence-corrected chi connectivity index (χ3v) is 1.35. The van der Waals surface area contributed by atoms with Crippen molar-refractivity contribution in [3.05, 3.63) is 11.8 Å². The molecule has 10 heavy (non-hydrogen) atoms. The van der Waals surface area contributed by atoms with Gasteiger partial charge in [0, 0.05) is 0 Å². The summed E-state index contributed by atoms with van der Waals surface area (Å²) in [7, 11) is 0. The molecule has 4 nitrogen and oxygen atoms in total. The lowest BCUT2D eigenvalue weighted by Gasteiger charge is -2.09. The second kappa shape index (κ2) is 2.69. The van der Waals surface area contributed by atoms with E-state index in [0.29, 0.717) is 0 Å². The van der Waals surface area contributed by atoms with Crippen LogP contribution in [-0.2, 0) is 4.74 Å². The molecule has 0 bridgehead atoms. The van der Waals surface area contributed by atoms with E-state index in [9.17, 15) is 0 Å². The molecule has 1 aliphatic rings. The van der Waals surface area contributed by atoms with Crippen LogP contribution in [0, 0.1) is 11.3 Å². The second-order valence-corrected chi connectivity index (χ2v) is 1.99. The summed E-state index contributed by atoms with van der Waals surface area (Å²) in [5.41, 5.74) is 0.166. The highest BCUT2D eigenvalue weighted by molar-refractivity contribution is 5.27. The van der Waals surface area contributed by atoms with Crippen LogP contribution >= 0.6 is 0 Å². The van der Waals surface area contributed by atoms with Crippen LogP contribution in [0.2, 0.25) is 0 Å². The van der Waals surface area contributed by atoms with Crippen LogP contribution in [-0.4, -0.2) is 29.0 Å². The van der Waals surface area contributed by atoms with Gasteiger partial charge in [-0.3, -0.25) is 0 Å². The molecular formula is C6H7NO3. The Hall–Kier alpha value is -1.05. The van der Waals surface area contributed by atoms with Gasteiger partial charge in [0.05, 0.1) is 12.2 Å². The van der Waals surface area contributed by atoms with Gasteiger partial charge in [-0.05, 0) is 0 Å². The molecule has 0 saturated heterocycles. The number of nitrogens with zero attached hydrogens (tertiary/aromatic N) is 1. The van der Waals surface area contributed by atoms with Gasteiger partial charge >= 0.3 is 0 Å². The Morgan fingerprint density at radius 2 is 2.50 bits per heavy atom. The summed E-state index contributed by atoms with van der Waals surface area (Å²) in [4.78, 5) is 0. The van der Waals surface area contributed by atoms with Gasteiger partial charge in [-0.15, -0.1) is 0 Å². The summed E-state index contributed by atoms with van der Waals surface area (Å²) in [5.74, 6) is 0. The molecular weight excluding hydrogens is 134 g/mol. The lowest BCUT2D eigenvalue weighted by atomic mass is 10.1. The summed E-state index contributed by atoms with van der Waals surface area (Å²) in [6, 6.07) is 1.75. The average molecular weight is 141 g/mol. The summed E-state index contributed by atoms with van der Waals surface area (Å²) < 4.78 is 4.73. The van der Waals surface area contributed by atoms with Gasteiger partial charge in [0.15, 0.2) is 6.10 Å². The predicted octanol–water partition coefficient (Wildman–Crippen LogP) is -0.854. The maximum atomic E-state index is 9.07. The van der Waals surface area contributed by atoms with E-state index in [4.69, 9.17) is 20.2 Å². The number of nitriles is 1. The van der Waals surface area contributed by atoms with E-state index in [2.05, 4.69) is 0 Å². The molecule has 1 aliphatic heterocycles. The molecule has 1 heterocycles. The highest BCUT2D eigenvalue weighted by atomic mass is 16.5. The second-order valence-electron chi connectivity index (χ2n) is 1.99. The monoisotopic (exact) mass is 141 g/mol. The number of ether oxygens (including phenoxy) is 1. The van der Waals surface area contributed by atoms with Crippen molar-refractivity contribution in [3.8, 4) is 6.07 Å². The van der Waals surface area contributed by atoms with Gasteiger partial charge in [0.2, 0.25) is 0 Å². The fourth-order valence-electron chi connectivity index (χ4n) is 0.740. The standard InChI is InChI=1S/C6H7NO3/c7-1-4-3-10-5(2-8)6(4)9/h3,5-6,8-9H,2H2/t5-,6+/m1/s1. The van der Waals surface area contributed by atoms with Crippen molar-refractivity contribution in [1.29, 1.82) is 5.26 Å². The SMILES string of the molecule is N#CC1=CO[C@H](CO)[C@H]1O. The third-order valence-electron chi connectivity index (χ3n) is 1.35. The van der Waals surface area contributed by atoms with E-state index >= 15 is 0 Å². The highest BCUT2D eigenvalue weighted by Gasteiger charge is 2.28. The Bertz CT molecular complexity index is 194. The van der Waals surface area contributed by atoms with Crippen molar-refractivity contribution in [1.82, 2.24) is 0 Å². The van der Waals surface area contributed by atoms with Crippen LogP contribution in [0.5, 0.6) is 0 Å². The first-order valence-corrected chi connectivity index (χ1v) is 2.84. The van der Waals surface area contributed by atoms with Gasteiger partial charge in [-0.25, -0.2) is 0 Å². The Morgan fingerprint density at radius 1 is 1.80 bits per heavy atom. The van der Waals surface area contributed by atoms with Gasteiger partial charge < -0.3 is 14.9 Å². The first-order valence-electron chi connectivity index (χ1n) is 2.84. The maximum Gasteiger partial charge on any atom is 0.152 e. The van der Waals surface area contributed by atoms with Crippen molar-refractivity contribution >= 4 is 0 Å². The summed E-state index contributed by atoms with van der Waals surface area (Å²) in [6.07, 6.45) is -0.449. The van der Waals surface area contributed by atoms with Gasteiger partial charge in [-0.2, -0.15) is 5.26 Å². The average Bonchev–Trinajstić information content (AvgIpc) is 2.30. The zero-order valence-electron chi connectivity index (χ0n) is 5.19. The zero-order valence-corrected chi connectivity index (χ0v) is 5.19. The van der Waals surface area contributed by atoms with E-state index in [1.807, 2.05) is 0 Å². The number of aliphatic hydroxyl groups excluding tert-OH is 2. The summed E-state index contributed by atoms with van der Waals surface area (Å²) in [5, 5.41) is 25.9. The van der Waals surface area contributed by atoms with Crippen LogP contribution in [0.4, 0.5) is 0 Å². The number of rotatable bonds is 1. The minimum atomic E-state index is -0.963. The Kier molecular flexibility index (Phi) is 1.90. The van der Waals surface area contributed by atoms with Crippen molar-refractivity contribution in [2.45, 2.75) is 12.2 Å². The van der Waals surface area contributed by atoms with Crippen LogP contribution in [0.3, 0.4) is 0 Å². The minimum absolute atomic E-state index is 0.166. The number of hydrogen-bond donors (Lipinski definition) is 2. The molecule has 0 aromatic carbocycles. The van der Waals surface area contributed by atoms with Crippen LogP contribution in [0.25, 0.3) is 0 Å². The quantitative estimate of drug-likeness (QED) is 0.498. The molecule has 2 atom stereocenters. The lowest BCUT2D eigenvalue weighted by molar-refractivity contribution is 0.0203. The zero-order chi connectivity index (χ0) is 7.56. The summed E-state index contributed by atoms with van der Waals surface area (Å²) >= 11 is 0. The molecule has 0 unspecified atom stereocenters. The minimum Gasteiger partial charge on any atom is -0.491 e. The third kappa shape index (κ3) is 0.967. The molecule has 0 amide bonds. The molecule has 54 valence electrons.